The van der Waals surface area contributed by atoms with Crippen LogP contribution in [0.1, 0.15) is 161 Å². The minimum atomic E-state index is -0.0107. The molecule has 4 nitrogen and oxygen atoms in total. The molecule has 4 aliphatic rings. The van der Waals surface area contributed by atoms with Gasteiger partial charge in [-0.3, -0.25) is 0 Å². The molecule has 1 N–H and O–H groups in total. The van der Waals surface area contributed by atoms with Crippen molar-refractivity contribution in [3.63, 3.8) is 0 Å². The van der Waals surface area contributed by atoms with Gasteiger partial charge >= 0.3 is 0 Å². The molecule has 3 aliphatic carbocycles. The van der Waals surface area contributed by atoms with E-state index < -0.39 is 0 Å². The Morgan fingerprint density at radius 1 is 0.444 bits per heavy atom. The summed E-state index contributed by atoms with van der Waals surface area (Å²) in [7, 11) is 2.47. The molecule has 5 heteroatoms. The first-order valence-electron chi connectivity index (χ1n) is 26.9. The van der Waals surface area contributed by atoms with Gasteiger partial charge in [0.2, 0.25) is 0 Å². The summed E-state index contributed by atoms with van der Waals surface area (Å²) >= 11 is 0. The Morgan fingerprint density at radius 2 is 0.972 bits per heavy atom. The standard InChI is InChI=1S/C67H70BN2O2/c1-38-30-47-51(67(12,13)29-26-63(47,4)5)36-54(38)70-55-37-58-43(40-18-14-16-20-56(40)71-58)34-52(55)68-59-44(32-45-41-19-15-17-21-57(41)72-61(45)60(59)70)42-33-49-50(66(10,11)28-27-65(49,8)9)35-53(42)69-39-22-23-46-48(31-39)64(6,7)25-24-62(46,2)3/h14-23,30-37,69H,24-29H2,1-13H3. The Kier molecular flexibility index (Phi) is 9.48. The molecule has 13 rings (SSSR count). The van der Waals surface area contributed by atoms with Gasteiger partial charge in [-0.25, -0.2) is 0 Å². The zero-order chi connectivity index (χ0) is 50.2. The van der Waals surface area contributed by atoms with Crippen LogP contribution in [0.2, 0.25) is 0 Å². The van der Waals surface area contributed by atoms with Gasteiger partial charge in [0, 0.05) is 55.9 Å². The average molecular weight is 946 g/mol. The fraction of sp³-hybridized carbons (Fsp3) is 0.373. The normalized spacial score (nSPS) is 19.6. The van der Waals surface area contributed by atoms with Crippen LogP contribution in [0.5, 0.6) is 0 Å². The largest absolute Gasteiger partial charge is 0.456 e. The van der Waals surface area contributed by atoms with Crippen molar-refractivity contribution in [3.8, 4) is 11.1 Å². The summed E-state index contributed by atoms with van der Waals surface area (Å²) < 4.78 is 14.0. The molecule has 0 unspecified atom stereocenters. The number of benzene rings is 7. The second-order valence-corrected chi connectivity index (χ2v) is 26.5. The molecule has 1 aliphatic heterocycles. The molecule has 0 amide bonds. The molecule has 0 spiro atoms. The van der Waals surface area contributed by atoms with E-state index in [1.807, 2.05) is 0 Å². The van der Waals surface area contributed by atoms with Crippen molar-refractivity contribution in [2.45, 2.75) is 161 Å². The molecule has 0 bridgehead atoms. The highest BCUT2D eigenvalue weighted by Gasteiger charge is 2.43. The van der Waals surface area contributed by atoms with E-state index in [-0.39, 0.29) is 32.5 Å². The van der Waals surface area contributed by atoms with Gasteiger partial charge in [0.25, 0.3) is 0 Å². The summed E-state index contributed by atoms with van der Waals surface area (Å²) in [5.74, 6) is 0. The molecule has 0 saturated heterocycles. The lowest BCUT2D eigenvalue weighted by molar-refractivity contribution is 0.332. The number of aryl methyl sites for hydroxylation is 1. The van der Waals surface area contributed by atoms with Gasteiger partial charge in [-0.15, -0.1) is 0 Å². The van der Waals surface area contributed by atoms with Crippen LogP contribution in [0.3, 0.4) is 0 Å². The molecule has 7 aromatic carbocycles. The van der Waals surface area contributed by atoms with Crippen molar-refractivity contribution in [2.75, 3.05) is 10.2 Å². The van der Waals surface area contributed by atoms with E-state index in [0.717, 1.165) is 103 Å². The monoisotopic (exact) mass is 946 g/mol. The summed E-state index contributed by atoms with van der Waals surface area (Å²) in [6, 6.07) is 41.7. The SMILES string of the molecule is Cc1cc2c(cc1N1c3cc4oc5ccccc5c4cc3[B]c3c(-c4cc5c(cc4Nc4ccc6c(c4)C(C)(C)CCC6(C)C)C(C)(C)CCC5(C)C)cc4c(oc5ccccc54)c31)C(C)(C)CCC2(C)C. The van der Waals surface area contributed by atoms with E-state index in [9.17, 15) is 0 Å². The third kappa shape index (κ3) is 6.70. The lowest BCUT2D eigenvalue weighted by Gasteiger charge is -2.44. The van der Waals surface area contributed by atoms with Crippen LogP contribution in [-0.4, -0.2) is 7.28 Å². The Balaban J connectivity index is 1.14. The molecule has 72 heavy (non-hydrogen) atoms. The minimum absolute atomic E-state index is 0.00598. The maximum atomic E-state index is 7.24. The number of anilines is 5. The Bertz CT molecular complexity index is 3790. The predicted octanol–water partition coefficient (Wildman–Crippen LogP) is 17.7. The van der Waals surface area contributed by atoms with E-state index in [2.05, 4.69) is 217 Å². The van der Waals surface area contributed by atoms with Crippen LogP contribution in [0.15, 0.2) is 118 Å². The molecule has 9 aromatic rings. The molecule has 3 heterocycles. The van der Waals surface area contributed by atoms with Gasteiger partial charge < -0.3 is 19.1 Å². The topological polar surface area (TPSA) is 41.6 Å². The summed E-state index contributed by atoms with van der Waals surface area (Å²) in [6.07, 6.45) is 6.92. The number of hydrogen-bond acceptors (Lipinski definition) is 4. The fourth-order valence-corrected chi connectivity index (χ4v) is 13.8. The first kappa shape index (κ1) is 45.7. The minimum Gasteiger partial charge on any atom is -0.456 e. The van der Waals surface area contributed by atoms with E-state index >= 15 is 0 Å². The van der Waals surface area contributed by atoms with E-state index in [0.29, 0.717) is 0 Å². The van der Waals surface area contributed by atoms with Crippen LogP contribution >= 0.6 is 0 Å². The highest BCUT2D eigenvalue weighted by atomic mass is 16.3. The summed E-state index contributed by atoms with van der Waals surface area (Å²) in [5.41, 5.74) is 24.1. The van der Waals surface area contributed by atoms with Gasteiger partial charge in [-0.05, 0) is 176 Å². The molecule has 0 saturated carbocycles. The van der Waals surface area contributed by atoms with Crippen molar-refractivity contribution in [3.05, 3.63) is 148 Å². The van der Waals surface area contributed by atoms with Gasteiger partial charge in [0.05, 0.1) is 5.69 Å². The lowest BCUT2D eigenvalue weighted by atomic mass is 9.57. The number of furan rings is 2. The number of nitrogens with zero attached hydrogens (tertiary/aromatic N) is 1. The molecular formula is C67H70BN2O2. The summed E-state index contributed by atoms with van der Waals surface area (Å²) in [5, 5.41) is 8.68. The van der Waals surface area contributed by atoms with Crippen LogP contribution < -0.4 is 21.1 Å². The maximum Gasteiger partial charge on any atom is 0.198 e. The molecular weight excluding hydrogens is 876 g/mol. The quantitative estimate of drug-likeness (QED) is 0.179. The van der Waals surface area contributed by atoms with Gasteiger partial charge in [-0.1, -0.05) is 143 Å². The number of nitrogens with one attached hydrogen (secondary N) is 1. The van der Waals surface area contributed by atoms with Gasteiger partial charge in [0.1, 0.15) is 16.7 Å². The summed E-state index contributed by atoms with van der Waals surface area (Å²) in [4.78, 5) is 2.56. The van der Waals surface area contributed by atoms with Crippen LogP contribution in [0, 0.1) is 6.92 Å². The van der Waals surface area contributed by atoms with Crippen molar-refractivity contribution in [1.82, 2.24) is 0 Å². The zero-order valence-electron chi connectivity index (χ0n) is 45.0. The second kappa shape index (κ2) is 15.0. The molecule has 0 fully saturated rings. The van der Waals surface area contributed by atoms with Crippen LogP contribution in [0.4, 0.5) is 28.4 Å². The summed E-state index contributed by atoms with van der Waals surface area (Å²) in [6.45, 7) is 31.6. The van der Waals surface area contributed by atoms with Crippen molar-refractivity contribution >= 4 is 90.5 Å². The van der Waals surface area contributed by atoms with Crippen molar-refractivity contribution in [1.29, 1.82) is 0 Å². The number of hydrogen-bond donors (Lipinski definition) is 1. The highest BCUT2D eigenvalue weighted by Crippen LogP contribution is 2.55. The molecule has 0 atom stereocenters. The average Bonchev–Trinajstić information content (AvgIpc) is 3.89. The highest BCUT2D eigenvalue weighted by molar-refractivity contribution is 6.74. The third-order valence-electron chi connectivity index (χ3n) is 18.8. The number of para-hydroxylation sites is 2. The smallest absolute Gasteiger partial charge is 0.198 e. The molecule has 1 radical (unpaired) electrons. The van der Waals surface area contributed by atoms with Crippen molar-refractivity contribution in [2.24, 2.45) is 0 Å². The first-order chi connectivity index (χ1) is 34.0. The first-order valence-corrected chi connectivity index (χ1v) is 26.9. The van der Waals surface area contributed by atoms with E-state index in [1.54, 1.807) is 0 Å². The number of rotatable bonds is 4. The zero-order valence-corrected chi connectivity index (χ0v) is 45.0. The van der Waals surface area contributed by atoms with Crippen LogP contribution in [-0.2, 0) is 32.5 Å². The maximum absolute atomic E-state index is 7.24. The van der Waals surface area contributed by atoms with E-state index in [1.165, 1.54) is 68.6 Å². The Hall–Kier alpha value is -6.20. The Labute approximate surface area is 427 Å². The molecule has 2 aromatic heterocycles. The Morgan fingerprint density at radius 3 is 1.61 bits per heavy atom. The lowest BCUT2D eigenvalue weighted by Crippen LogP contribution is -2.41. The van der Waals surface area contributed by atoms with E-state index in [4.69, 9.17) is 8.83 Å². The van der Waals surface area contributed by atoms with Gasteiger partial charge in [-0.2, -0.15) is 0 Å². The molecule has 363 valence electrons. The fourth-order valence-electron chi connectivity index (χ4n) is 13.8. The van der Waals surface area contributed by atoms with Crippen molar-refractivity contribution < 1.29 is 8.83 Å². The number of fused-ring (bicyclic) bond motifs is 12. The predicted molar refractivity (Wildman–Crippen MR) is 306 cm³/mol. The second-order valence-electron chi connectivity index (χ2n) is 26.5. The van der Waals surface area contributed by atoms with Gasteiger partial charge in [0.15, 0.2) is 12.9 Å². The third-order valence-corrected chi connectivity index (χ3v) is 18.8. The van der Waals surface area contributed by atoms with Crippen LogP contribution in [0.25, 0.3) is 55.0 Å².